The number of carbonyl (C=O) groups excluding carboxylic acids is 2. The van der Waals surface area contributed by atoms with Crippen LogP contribution in [0.1, 0.15) is 27.4 Å². The largest absolute Gasteiger partial charge is 0.486 e. The second kappa shape index (κ2) is 9.10. The first kappa shape index (κ1) is 20.2. The first-order chi connectivity index (χ1) is 13.9. The molecule has 0 radical (unpaired) electrons. The minimum Gasteiger partial charge on any atom is -0.486 e. The molecule has 6 heteroatoms. The Bertz CT molecular complexity index is 975. The second-order valence-electron chi connectivity index (χ2n) is 6.84. The van der Waals surface area contributed by atoms with Gasteiger partial charge in [0, 0.05) is 12.7 Å². The van der Waals surface area contributed by atoms with Gasteiger partial charge in [-0.25, -0.2) is 0 Å². The van der Waals surface area contributed by atoms with Crippen molar-refractivity contribution in [3.05, 3.63) is 83.3 Å². The summed E-state index contributed by atoms with van der Waals surface area (Å²) in [5.41, 5.74) is 2.72. The average Bonchev–Trinajstić information content (AvgIpc) is 3.18. The van der Waals surface area contributed by atoms with Gasteiger partial charge < -0.3 is 19.4 Å². The zero-order chi connectivity index (χ0) is 20.8. The van der Waals surface area contributed by atoms with Crippen LogP contribution in [0.5, 0.6) is 5.75 Å². The Labute approximate surface area is 170 Å². The molecule has 150 valence electrons. The molecule has 6 nitrogen and oxygen atoms in total. The van der Waals surface area contributed by atoms with Crippen molar-refractivity contribution < 1.29 is 18.7 Å². The molecule has 0 saturated heterocycles. The molecule has 0 fully saturated rings. The van der Waals surface area contributed by atoms with Crippen LogP contribution in [0.3, 0.4) is 0 Å². The third kappa shape index (κ3) is 5.25. The smallest absolute Gasteiger partial charge is 0.289 e. The number of nitrogens with zero attached hydrogens (tertiary/aromatic N) is 1. The lowest BCUT2D eigenvalue weighted by molar-refractivity contribution is -0.116. The molecule has 1 aromatic heterocycles. The van der Waals surface area contributed by atoms with E-state index in [1.54, 1.807) is 19.2 Å². The van der Waals surface area contributed by atoms with Crippen LogP contribution in [0.2, 0.25) is 0 Å². The summed E-state index contributed by atoms with van der Waals surface area (Å²) in [4.78, 5) is 26.3. The quantitative estimate of drug-likeness (QED) is 0.655. The van der Waals surface area contributed by atoms with Crippen molar-refractivity contribution in [1.29, 1.82) is 0 Å². The third-order valence-electron chi connectivity index (χ3n) is 4.47. The standard InChI is InChI=1S/C23H24N2O4/c1-16-8-7-9-17(2)22(16)24-21(26)14-25(3)23(27)20-13-12-19(29-20)15-28-18-10-5-4-6-11-18/h4-13H,14-15H2,1-3H3,(H,24,26). The van der Waals surface area contributed by atoms with Crippen LogP contribution in [0.15, 0.2) is 65.1 Å². The molecule has 0 saturated carbocycles. The number of furan rings is 1. The highest BCUT2D eigenvalue weighted by atomic mass is 16.5. The Morgan fingerprint density at radius 3 is 2.34 bits per heavy atom. The van der Waals surface area contributed by atoms with E-state index in [2.05, 4.69) is 5.32 Å². The molecule has 29 heavy (non-hydrogen) atoms. The molecule has 0 aliphatic rings. The van der Waals surface area contributed by atoms with Gasteiger partial charge in [0.1, 0.15) is 18.1 Å². The van der Waals surface area contributed by atoms with Crippen LogP contribution in [0.4, 0.5) is 5.69 Å². The van der Waals surface area contributed by atoms with E-state index in [1.807, 2.05) is 62.4 Å². The monoisotopic (exact) mass is 392 g/mol. The first-order valence-electron chi connectivity index (χ1n) is 9.32. The maximum absolute atomic E-state index is 12.6. The Morgan fingerprint density at radius 2 is 1.66 bits per heavy atom. The van der Waals surface area contributed by atoms with E-state index in [0.717, 1.165) is 22.6 Å². The van der Waals surface area contributed by atoms with E-state index in [4.69, 9.17) is 9.15 Å². The van der Waals surface area contributed by atoms with E-state index < -0.39 is 0 Å². The summed E-state index contributed by atoms with van der Waals surface area (Å²) in [6.07, 6.45) is 0. The lowest BCUT2D eigenvalue weighted by atomic mass is 10.1. The summed E-state index contributed by atoms with van der Waals surface area (Å²) >= 11 is 0. The van der Waals surface area contributed by atoms with Gasteiger partial charge in [-0.3, -0.25) is 9.59 Å². The number of rotatable bonds is 7. The molecule has 3 aromatic rings. The highest BCUT2D eigenvalue weighted by molar-refractivity contribution is 5.98. The number of nitrogens with one attached hydrogen (secondary N) is 1. The average molecular weight is 392 g/mol. The fourth-order valence-corrected chi connectivity index (χ4v) is 2.91. The third-order valence-corrected chi connectivity index (χ3v) is 4.47. The summed E-state index contributed by atoms with van der Waals surface area (Å²) in [5, 5.41) is 2.88. The van der Waals surface area contributed by atoms with Crippen molar-refractivity contribution in [3.63, 3.8) is 0 Å². The highest BCUT2D eigenvalue weighted by Crippen LogP contribution is 2.19. The van der Waals surface area contributed by atoms with Gasteiger partial charge in [0.2, 0.25) is 5.91 Å². The maximum Gasteiger partial charge on any atom is 0.289 e. The predicted octanol–water partition coefficient (Wildman–Crippen LogP) is 4.19. The fourth-order valence-electron chi connectivity index (χ4n) is 2.91. The molecule has 0 aliphatic carbocycles. The topological polar surface area (TPSA) is 71.8 Å². The normalized spacial score (nSPS) is 10.4. The molecule has 1 N–H and O–H groups in total. The number of anilines is 1. The van der Waals surface area contributed by atoms with Crippen LogP contribution < -0.4 is 10.1 Å². The van der Waals surface area contributed by atoms with Gasteiger partial charge in [-0.15, -0.1) is 0 Å². The number of ether oxygens (including phenoxy) is 1. The molecule has 0 unspecified atom stereocenters. The molecule has 0 spiro atoms. The maximum atomic E-state index is 12.6. The molecule has 1 heterocycles. The second-order valence-corrected chi connectivity index (χ2v) is 6.84. The Balaban J connectivity index is 1.56. The van der Waals surface area contributed by atoms with Gasteiger partial charge in [-0.1, -0.05) is 36.4 Å². The van der Waals surface area contributed by atoms with Crippen molar-refractivity contribution in [3.8, 4) is 5.75 Å². The minimum atomic E-state index is -0.368. The Morgan fingerprint density at radius 1 is 0.966 bits per heavy atom. The molecular weight excluding hydrogens is 368 g/mol. The molecule has 0 atom stereocenters. The lowest BCUT2D eigenvalue weighted by Crippen LogP contribution is -2.35. The van der Waals surface area contributed by atoms with Crippen LogP contribution >= 0.6 is 0 Å². The van der Waals surface area contributed by atoms with E-state index in [1.165, 1.54) is 4.90 Å². The summed E-state index contributed by atoms with van der Waals surface area (Å²) in [5.74, 6) is 0.784. The number of para-hydroxylation sites is 2. The molecule has 0 aliphatic heterocycles. The van der Waals surface area contributed by atoms with Gasteiger partial charge >= 0.3 is 0 Å². The SMILES string of the molecule is Cc1cccc(C)c1NC(=O)CN(C)C(=O)c1ccc(COc2ccccc2)o1. The number of likely N-dealkylation sites (N-methyl/N-ethyl adjacent to an activating group) is 1. The van der Waals surface area contributed by atoms with Crippen LogP contribution in [-0.4, -0.2) is 30.3 Å². The minimum absolute atomic E-state index is 0.0802. The van der Waals surface area contributed by atoms with Crippen molar-refractivity contribution >= 4 is 17.5 Å². The van der Waals surface area contributed by atoms with Gasteiger partial charge in [-0.2, -0.15) is 0 Å². The van der Waals surface area contributed by atoms with Crippen LogP contribution in [0, 0.1) is 13.8 Å². The highest BCUT2D eigenvalue weighted by Gasteiger charge is 2.19. The first-order valence-corrected chi connectivity index (χ1v) is 9.32. The predicted molar refractivity (Wildman–Crippen MR) is 111 cm³/mol. The van der Waals surface area contributed by atoms with E-state index >= 15 is 0 Å². The van der Waals surface area contributed by atoms with Gasteiger partial charge in [0.15, 0.2) is 5.76 Å². The van der Waals surface area contributed by atoms with E-state index in [9.17, 15) is 9.59 Å². The Hall–Kier alpha value is -3.54. The van der Waals surface area contributed by atoms with Crippen molar-refractivity contribution in [2.75, 3.05) is 18.9 Å². The van der Waals surface area contributed by atoms with E-state index in [-0.39, 0.29) is 30.7 Å². The van der Waals surface area contributed by atoms with Crippen LogP contribution in [0.25, 0.3) is 0 Å². The summed E-state index contributed by atoms with van der Waals surface area (Å²) in [6.45, 7) is 4.00. The van der Waals surface area contributed by atoms with Crippen molar-refractivity contribution in [2.45, 2.75) is 20.5 Å². The molecular formula is C23H24N2O4. The summed E-state index contributed by atoms with van der Waals surface area (Å²) in [6, 6.07) is 18.4. The number of amides is 2. The molecule has 3 rings (SSSR count). The molecule has 2 aromatic carbocycles. The zero-order valence-corrected chi connectivity index (χ0v) is 16.8. The van der Waals surface area contributed by atoms with Gasteiger partial charge in [0.25, 0.3) is 5.91 Å². The van der Waals surface area contributed by atoms with E-state index in [0.29, 0.717) is 5.76 Å². The fraction of sp³-hybridized carbons (Fsp3) is 0.217. The lowest BCUT2D eigenvalue weighted by Gasteiger charge is -2.17. The number of hydrogen-bond acceptors (Lipinski definition) is 4. The van der Waals surface area contributed by atoms with Gasteiger partial charge in [-0.05, 0) is 49.2 Å². The number of aryl methyl sites for hydroxylation is 2. The summed E-state index contributed by atoms with van der Waals surface area (Å²) < 4.78 is 11.2. The molecule has 0 bridgehead atoms. The van der Waals surface area contributed by atoms with Crippen molar-refractivity contribution in [2.24, 2.45) is 0 Å². The van der Waals surface area contributed by atoms with Crippen molar-refractivity contribution in [1.82, 2.24) is 4.90 Å². The number of hydrogen-bond donors (Lipinski definition) is 1. The number of carbonyl (C=O) groups is 2. The van der Waals surface area contributed by atoms with Gasteiger partial charge in [0.05, 0.1) is 6.54 Å². The summed E-state index contributed by atoms with van der Waals surface area (Å²) in [7, 11) is 1.56. The Kier molecular flexibility index (Phi) is 6.34. The molecule has 2 amide bonds. The number of benzene rings is 2. The zero-order valence-electron chi connectivity index (χ0n) is 16.8. The van der Waals surface area contributed by atoms with Crippen LogP contribution in [-0.2, 0) is 11.4 Å².